The lowest BCUT2D eigenvalue weighted by Gasteiger charge is -2.27. The Bertz CT molecular complexity index is 1140. The van der Waals surface area contributed by atoms with Crippen molar-refractivity contribution < 1.29 is 18.4 Å². The van der Waals surface area contributed by atoms with E-state index in [-0.39, 0.29) is 31.2 Å². The van der Waals surface area contributed by atoms with E-state index in [4.69, 9.17) is 0 Å². The van der Waals surface area contributed by atoms with Gasteiger partial charge in [-0.25, -0.2) is 8.78 Å². The Morgan fingerprint density at radius 2 is 1.79 bits per heavy atom. The minimum atomic E-state index is -1.31. The first-order valence-electron chi connectivity index (χ1n) is 11.2. The maximum Gasteiger partial charge on any atom is 0.243 e. The van der Waals surface area contributed by atoms with Crippen molar-refractivity contribution in [3.63, 3.8) is 0 Å². The fraction of sp³-hybridized carbons (Fsp3) is 0.360. The zero-order chi connectivity index (χ0) is 24.2. The van der Waals surface area contributed by atoms with Gasteiger partial charge in [0.1, 0.15) is 37.2 Å². The number of benzene rings is 2. The molecule has 1 saturated heterocycles. The van der Waals surface area contributed by atoms with Crippen molar-refractivity contribution in [2.45, 2.75) is 51.0 Å². The van der Waals surface area contributed by atoms with Crippen LogP contribution in [0.5, 0.6) is 0 Å². The fourth-order valence-corrected chi connectivity index (χ4v) is 4.29. The summed E-state index contributed by atoms with van der Waals surface area (Å²) in [6, 6.07) is 12.5. The molecule has 1 fully saturated rings. The monoisotopic (exact) mass is 467 g/mol. The summed E-state index contributed by atoms with van der Waals surface area (Å²) >= 11 is 0. The largest absolute Gasteiger partial charge is 0.343 e. The van der Waals surface area contributed by atoms with Gasteiger partial charge < -0.3 is 14.8 Å². The Morgan fingerprint density at radius 3 is 2.44 bits per heavy atom. The Labute approximate surface area is 196 Å². The fourth-order valence-electron chi connectivity index (χ4n) is 4.29. The number of hydrogen-bond acceptors (Lipinski definition) is 4. The van der Waals surface area contributed by atoms with Crippen molar-refractivity contribution in [2.75, 3.05) is 6.54 Å². The molecule has 0 saturated carbocycles. The third-order valence-corrected chi connectivity index (χ3v) is 6.06. The zero-order valence-electron chi connectivity index (χ0n) is 19.1. The molecule has 0 radical (unpaired) electrons. The second-order valence-electron chi connectivity index (χ2n) is 8.82. The van der Waals surface area contributed by atoms with Crippen LogP contribution in [0.2, 0.25) is 0 Å². The van der Waals surface area contributed by atoms with Crippen LogP contribution < -0.4 is 5.32 Å². The summed E-state index contributed by atoms with van der Waals surface area (Å²) in [4.78, 5) is 27.4. The average molecular weight is 468 g/mol. The van der Waals surface area contributed by atoms with Gasteiger partial charge in [0.2, 0.25) is 11.8 Å². The molecule has 0 bridgehead atoms. The van der Waals surface area contributed by atoms with E-state index in [2.05, 4.69) is 15.5 Å². The predicted octanol–water partition coefficient (Wildman–Crippen LogP) is 3.39. The first-order chi connectivity index (χ1) is 16.3. The topological polar surface area (TPSA) is 80.1 Å². The molecule has 2 heterocycles. The van der Waals surface area contributed by atoms with Crippen LogP contribution in [0.4, 0.5) is 8.78 Å². The number of carbonyl (C=O) groups is 2. The van der Waals surface area contributed by atoms with Gasteiger partial charge >= 0.3 is 0 Å². The van der Waals surface area contributed by atoms with E-state index >= 15 is 0 Å². The number of rotatable bonds is 7. The number of hydrogen-bond donors (Lipinski definition) is 1. The van der Waals surface area contributed by atoms with Crippen LogP contribution in [0.25, 0.3) is 0 Å². The van der Waals surface area contributed by atoms with E-state index in [1.54, 1.807) is 12.1 Å². The van der Waals surface area contributed by atoms with Gasteiger partial charge in [0.05, 0.1) is 12.6 Å². The summed E-state index contributed by atoms with van der Waals surface area (Å²) in [5.41, 5.74) is 1.91. The molecular formula is C25H27F2N5O2. The van der Waals surface area contributed by atoms with Crippen molar-refractivity contribution in [2.24, 2.45) is 0 Å². The van der Waals surface area contributed by atoms with Gasteiger partial charge in [0.15, 0.2) is 0 Å². The molecule has 3 atom stereocenters. The van der Waals surface area contributed by atoms with Crippen molar-refractivity contribution in [1.82, 2.24) is 25.0 Å². The third kappa shape index (κ3) is 5.13. The highest BCUT2D eigenvalue weighted by molar-refractivity contribution is 5.88. The highest BCUT2D eigenvalue weighted by Gasteiger charge is 2.40. The van der Waals surface area contributed by atoms with Gasteiger partial charge in [0.25, 0.3) is 0 Å². The summed E-state index contributed by atoms with van der Waals surface area (Å²) in [6.45, 7) is 3.57. The lowest BCUT2D eigenvalue weighted by molar-refractivity contribution is -0.139. The Kier molecular flexibility index (Phi) is 7.00. The smallest absolute Gasteiger partial charge is 0.243 e. The maximum absolute atomic E-state index is 14.8. The molecule has 4 rings (SSSR count). The summed E-state index contributed by atoms with van der Waals surface area (Å²) in [6.07, 6.45) is 1.37. The Hall–Kier alpha value is -3.62. The van der Waals surface area contributed by atoms with Crippen molar-refractivity contribution in [3.05, 3.63) is 83.7 Å². The number of nitrogens with zero attached hydrogens (tertiary/aromatic N) is 4. The number of halogens is 2. The second kappa shape index (κ2) is 10.1. The molecule has 1 aliphatic rings. The molecule has 1 aliphatic heterocycles. The minimum Gasteiger partial charge on any atom is -0.343 e. The van der Waals surface area contributed by atoms with Crippen molar-refractivity contribution in [1.29, 1.82) is 0 Å². The number of likely N-dealkylation sites (tertiary alicyclic amines) is 1. The number of aromatic nitrogens is 3. The second-order valence-corrected chi connectivity index (χ2v) is 8.82. The molecule has 0 spiro atoms. The molecule has 2 aromatic carbocycles. The van der Waals surface area contributed by atoms with Gasteiger partial charge in [-0.15, -0.1) is 10.2 Å². The summed E-state index contributed by atoms with van der Waals surface area (Å²) in [7, 11) is 0. The molecule has 0 aliphatic carbocycles. The molecular weight excluding hydrogens is 440 g/mol. The molecule has 7 nitrogen and oxygen atoms in total. The average Bonchev–Trinajstić information content (AvgIpc) is 3.47. The number of nitrogens with one attached hydrogen (secondary N) is 1. The maximum atomic E-state index is 14.8. The van der Waals surface area contributed by atoms with E-state index in [1.807, 2.05) is 44.2 Å². The van der Waals surface area contributed by atoms with E-state index in [1.165, 1.54) is 28.2 Å². The van der Waals surface area contributed by atoms with E-state index < -0.39 is 30.1 Å². The van der Waals surface area contributed by atoms with Crippen LogP contribution in [0.3, 0.4) is 0 Å². The van der Waals surface area contributed by atoms with Gasteiger partial charge in [0, 0.05) is 6.42 Å². The quantitative estimate of drug-likeness (QED) is 0.578. The molecule has 1 N–H and O–H groups in total. The van der Waals surface area contributed by atoms with Gasteiger partial charge in [-0.2, -0.15) is 0 Å². The van der Waals surface area contributed by atoms with Gasteiger partial charge in [-0.05, 0) is 28.7 Å². The molecule has 0 unspecified atom stereocenters. The standard InChI is InChI=1S/C25H27F2N5O2/c1-16(2)20-9-8-18(10-21(20)27)24(17-6-4-3-5-7-17)30-25(34)22-11-19(26)12-32(22)23(33)13-31-14-28-29-15-31/h3-10,14-16,19,22,24H,11-13H2,1-2H3,(H,30,34)/t19-,22+,24+/m1/s1. The lowest BCUT2D eigenvalue weighted by atomic mass is 9.94. The highest BCUT2D eigenvalue weighted by atomic mass is 19.1. The number of carbonyl (C=O) groups excluding carboxylic acids is 2. The minimum absolute atomic E-state index is 0.0176. The van der Waals surface area contributed by atoms with Crippen molar-refractivity contribution >= 4 is 11.8 Å². The van der Waals surface area contributed by atoms with Gasteiger partial charge in [-0.3, -0.25) is 9.59 Å². The van der Waals surface area contributed by atoms with Crippen LogP contribution in [0.1, 0.15) is 48.9 Å². The number of alkyl halides is 1. The highest BCUT2D eigenvalue weighted by Crippen LogP contribution is 2.28. The molecule has 2 amide bonds. The molecule has 9 heteroatoms. The lowest BCUT2D eigenvalue weighted by Crippen LogP contribution is -2.47. The first-order valence-corrected chi connectivity index (χ1v) is 11.2. The SMILES string of the molecule is CC(C)c1ccc([C@@H](NC(=O)[C@@H]2C[C@@H](F)CN2C(=O)Cn2cnnc2)c2ccccc2)cc1F. The van der Waals surface area contributed by atoms with Crippen LogP contribution in [0.15, 0.2) is 61.2 Å². The molecule has 178 valence electrons. The summed E-state index contributed by atoms with van der Waals surface area (Å²) in [5.74, 6) is -1.22. The van der Waals surface area contributed by atoms with E-state index in [0.29, 0.717) is 11.1 Å². The van der Waals surface area contributed by atoms with E-state index in [9.17, 15) is 18.4 Å². The Morgan fingerprint density at radius 1 is 1.09 bits per heavy atom. The number of amides is 2. The van der Waals surface area contributed by atoms with E-state index in [0.717, 1.165) is 5.56 Å². The van der Waals surface area contributed by atoms with Gasteiger partial charge in [-0.1, -0.05) is 56.3 Å². The van der Waals surface area contributed by atoms with Crippen molar-refractivity contribution in [3.8, 4) is 0 Å². The Balaban J connectivity index is 1.59. The zero-order valence-corrected chi connectivity index (χ0v) is 19.1. The normalized spacial score (nSPS) is 18.8. The summed E-state index contributed by atoms with van der Waals surface area (Å²) in [5, 5.41) is 10.3. The summed E-state index contributed by atoms with van der Waals surface area (Å²) < 4.78 is 30.6. The molecule has 3 aromatic rings. The van der Waals surface area contributed by atoms with Crippen LogP contribution >= 0.6 is 0 Å². The molecule has 1 aromatic heterocycles. The predicted molar refractivity (Wildman–Crippen MR) is 122 cm³/mol. The van der Waals surface area contributed by atoms with Crippen LogP contribution in [0, 0.1) is 5.82 Å². The third-order valence-electron chi connectivity index (χ3n) is 6.06. The molecule has 34 heavy (non-hydrogen) atoms. The van der Waals surface area contributed by atoms with Crippen LogP contribution in [-0.2, 0) is 16.1 Å². The van der Waals surface area contributed by atoms with Crippen LogP contribution in [-0.4, -0.2) is 50.2 Å². The first kappa shape index (κ1) is 23.5.